The van der Waals surface area contributed by atoms with Crippen molar-refractivity contribution in [2.45, 2.75) is 44.8 Å². The van der Waals surface area contributed by atoms with Crippen LogP contribution >= 0.6 is 0 Å². The van der Waals surface area contributed by atoms with Gasteiger partial charge in [-0.05, 0) is 32.8 Å². The number of hydrogen-bond acceptors (Lipinski definition) is 6. The van der Waals surface area contributed by atoms with Gasteiger partial charge in [-0.25, -0.2) is 17.9 Å². The second-order valence-corrected chi connectivity index (χ2v) is 8.46. The number of carbonyl (C=O) groups is 1. The van der Waals surface area contributed by atoms with Crippen LogP contribution in [0.5, 0.6) is 0 Å². The molecule has 2 N–H and O–H groups in total. The third kappa shape index (κ3) is 5.35. The van der Waals surface area contributed by atoms with E-state index in [4.69, 9.17) is 4.74 Å². The third-order valence-electron chi connectivity index (χ3n) is 5.83. The van der Waals surface area contributed by atoms with Crippen LogP contribution in [0.4, 0.5) is 18.9 Å². The number of benzene rings is 1. The monoisotopic (exact) mass is 486 g/mol. The minimum absolute atomic E-state index is 0.0501. The Hall–Kier alpha value is -3.73. The van der Waals surface area contributed by atoms with Crippen molar-refractivity contribution in [1.29, 1.82) is 0 Å². The number of hydrogen-bond donors (Lipinski definition) is 2. The van der Waals surface area contributed by atoms with Crippen LogP contribution in [0.1, 0.15) is 48.8 Å². The van der Waals surface area contributed by atoms with Gasteiger partial charge in [0.2, 0.25) is 0 Å². The van der Waals surface area contributed by atoms with Gasteiger partial charge < -0.3 is 15.0 Å². The predicted molar refractivity (Wildman–Crippen MR) is 124 cm³/mol. The molecule has 8 nitrogen and oxygen atoms in total. The number of halogens is 3. The van der Waals surface area contributed by atoms with Gasteiger partial charge in [-0.3, -0.25) is 9.78 Å². The van der Waals surface area contributed by atoms with E-state index >= 15 is 0 Å². The Morgan fingerprint density at radius 3 is 2.46 bits per heavy atom. The molecule has 2 unspecified atom stereocenters. The van der Waals surface area contributed by atoms with E-state index in [0.29, 0.717) is 28.6 Å². The summed E-state index contributed by atoms with van der Waals surface area (Å²) in [4.78, 5) is 17.7. The predicted octanol–water partition coefficient (Wildman–Crippen LogP) is 4.77. The fourth-order valence-electron chi connectivity index (χ4n) is 4.27. The molecule has 184 valence electrons. The van der Waals surface area contributed by atoms with Crippen LogP contribution in [0.25, 0.3) is 16.6 Å². The number of nitrogens with zero attached hydrogens (tertiary/aromatic N) is 4. The Morgan fingerprint density at radius 2 is 1.83 bits per heavy atom. The quantitative estimate of drug-likeness (QED) is 0.403. The summed E-state index contributed by atoms with van der Waals surface area (Å²) in [7, 11) is 1.73. The number of pyridine rings is 1. The summed E-state index contributed by atoms with van der Waals surface area (Å²) in [6.07, 6.45) is 6.95. The third-order valence-corrected chi connectivity index (χ3v) is 5.83. The van der Waals surface area contributed by atoms with Crippen molar-refractivity contribution in [2.24, 2.45) is 0 Å². The first-order valence-corrected chi connectivity index (χ1v) is 11.1. The number of aldehydes is 1. The summed E-state index contributed by atoms with van der Waals surface area (Å²) < 4.78 is 47.0. The highest BCUT2D eigenvalue weighted by Gasteiger charge is 2.28. The molecule has 3 aromatic heterocycles. The summed E-state index contributed by atoms with van der Waals surface area (Å²) in [5.41, 5.74) is 2.44. The molecule has 0 amide bonds. The molecular weight excluding hydrogens is 461 g/mol. The molecule has 1 aromatic carbocycles. The Balaban J connectivity index is 0.000000189. The molecule has 1 aliphatic rings. The molecule has 0 spiro atoms. The molecule has 4 heterocycles. The van der Waals surface area contributed by atoms with Crippen LogP contribution < -0.4 is 5.32 Å². The number of carbonyl (C=O) groups excluding carboxylic acids is 1. The highest BCUT2D eigenvalue weighted by Crippen LogP contribution is 2.33. The number of fused-ring (bicyclic) bond motifs is 1. The normalized spacial score (nSPS) is 19.8. The van der Waals surface area contributed by atoms with Crippen LogP contribution in [-0.2, 0) is 4.74 Å². The first kappa shape index (κ1) is 24.4. The lowest BCUT2D eigenvalue weighted by molar-refractivity contribution is -0.0389. The second kappa shape index (κ2) is 10.3. The molecule has 35 heavy (non-hydrogen) atoms. The summed E-state index contributed by atoms with van der Waals surface area (Å²) in [5.74, 6) is -1.98. The highest BCUT2D eigenvalue weighted by molar-refractivity contribution is 5.92. The van der Waals surface area contributed by atoms with E-state index < -0.39 is 11.6 Å². The van der Waals surface area contributed by atoms with Crippen LogP contribution in [0.3, 0.4) is 0 Å². The van der Waals surface area contributed by atoms with Gasteiger partial charge in [0.1, 0.15) is 11.5 Å². The average molecular weight is 486 g/mol. The van der Waals surface area contributed by atoms with Crippen molar-refractivity contribution in [3.63, 3.8) is 0 Å². The van der Waals surface area contributed by atoms with Crippen molar-refractivity contribution < 1.29 is 22.7 Å². The van der Waals surface area contributed by atoms with Crippen molar-refractivity contribution in [3.05, 3.63) is 65.6 Å². The van der Waals surface area contributed by atoms with Gasteiger partial charge in [0.05, 0.1) is 47.2 Å². The molecule has 0 radical (unpaired) electrons. The lowest BCUT2D eigenvalue weighted by atomic mass is 9.89. The molecule has 2 atom stereocenters. The van der Waals surface area contributed by atoms with Crippen LogP contribution in [-0.4, -0.2) is 50.5 Å². The van der Waals surface area contributed by atoms with Gasteiger partial charge in [0.25, 0.3) is 0 Å². The van der Waals surface area contributed by atoms with E-state index in [1.165, 1.54) is 23.0 Å². The zero-order valence-corrected chi connectivity index (χ0v) is 19.4. The van der Waals surface area contributed by atoms with Gasteiger partial charge in [-0.1, -0.05) is 5.21 Å². The highest BCUT2D eigenvalue weighted by atomic mass is 19.2. The van der Waals surface area contributed by atoms with Crippen molar-refractivity contribution >= 4 is 22.9 Å². The first-order valence-electron chi connectivity index (χ1n) is 11.1. The van der Waals surface area contributed by atoms with Gasteiger partial charge >= 0.3 is 0 Å². The zero-order chi connectivity index (χ0) is 25.1. The molecule has 1 saturated heterocycles. The number of H-pyrrole nitrogens is 1. The average Bonchev–Trinajstić information content (AvgIpc) is 3.46. The SMILES string of the molecule is CC1CC(c2ncc(-n3cc(C=O)nn3)cc2F)CC(C)O1.CNc1c[nH]c2cc(F)c(F)cc12. The first-order chi connectivity index (χ1) is 16.8. The lowest BCUT2D eigenvalue weighted by Crippen LogP contribution is -2.29. The van der Waals surface area contributed by atoms with E-state index in [-0.39, 0.29) is 29.6 Å². The minimum atomic E-state index is -0.836. The maximum absolute atomic E-state index is 14.4. The van der Waals surface area contributed by atoms with Crippen LogP contribution in [0, 0.1) is 17.5 Å². The number of aromatic amines is 1. The second-order valence-electron chi connectivity index (χ2n) is 8.46. The minimum Gasteiger partial charge on any atom is -0.386 e. The molecule has 5 rings (SSSR count). The Labute approximate surface area is 199 Å². The molecule has 11 heteroatoms. The van der Waals surface area contributed by atoms with Crippen molar-refractivity contribution in [1.82, 2.24) is 25.0 Å². The number of ether oxygens (including phenoxy) is 1. The van der Waals surface area contributed by atoms with Gasteiger partial charge in [0.15, 0.2) is 17.9 Å². The van der Waals surface area contributed by atoms with Crippen molar-refractivity contribution in [3.8, 4) is 5.69 Å². The van der Waals surface area contributed by atoms with E-state index in [0.717, 1.165) is 24.6 Å². The molecule has 1 aliphatic heterocycles. The Morgan fingerprint density at radius 1 is 1.11 bits per heavy atom. The maximum Gasteiger partial charge on any atom is 0.171 e. The molecular formula is C24H25F3N6O2. The topological polar surface area (TPSA) is 97.7 Å². The van der Waals surface area contributed by atoms with Gasteiger partial charge in [0, 0.05) is 36.7 Å². The van der Waals surface area contributed by atoms with Crippen LogP contribution in [0.15, 0.2) is 36.8 Å². The molecule has 0 bridgehead atoms. The maximum atomic E-state index is 14.4. The summed E-state index contributed by atoms with van der Waals surface area (Å²) in [6, 6.07) is 3.69. The molecule has 1 fully saturated rings. The Bertz CT molecular complexity index is 1330. The van der Waals surface area contributed by atoms with Gasteiger partial charge in [-0.15, -0.1) is 5.10 Å². The summed E-state index contributed by atoms with van der Waals surface area (Å²) >= 11 is 0. The molecule has 0 aliphatic carbocycles. The van der Waals surface area contributed by atoms with E-state index in [1.807, 2.05) is 13.8 Å². The Kier molecular flexibility index (Phi) is 7.15. The van der Waals surface area contributed by atoms with Crippen LogP contribution in [0.2, 0.25) is 0 Å². The van der Waals surface area contributed by atoms with Crippen molar-refractivity contribution in [2.75, 3.05) is 12.4 Å². The number of anilines is 1. The molecule has 0 saturated carbocycles. The zero-order valence-electron chi connectivity index (χ0n) is 19.4. The summed E-state index contributed by atoms with van der Waals surface area (Å²) in [6.45, 7) is 3.98. The number of rotatable bonds is 4. The smallest absolute Gasteiger partial charge is 0.171 e. The fraction of sp³-hybridized carbons (Fsp3) is 0.333. The van der Waals surface area contributed by atoms with E-state index in [2.05, 4.69) is 25.6 Å². The fourth-order valence-corrected chi connectivity index (χ4v) is 4.27. The van der Waals surface area contributed by atoms with E-state index in [9.17, 15) is 18.0 Å². The standard InChI is InChI=1S/C15H17FN4O2.C9H8F2N2/c1-9-3-11(4-10(2)22-9)15-14(16)5-13(6-17-15)20-7-12(8-21)18-19-20;1-12-9-4-13-8-3-7(11)6(10)2-5(8)9/h5-11H,3-4H2,1-2H3;2-4,12-13H,1H3. The largest absolute Gasteiger partial charge is 0.386 e. The number of aromatic nitrogens is 5. The lowest BCUT2D eigenvalue weighted by Gasteiger charge is -2.31. The molecule has 4 aromatic rings. The van der Waals surface area contributed by atoms with Gasteiger partial charge in [-0.2, -0.15) is 0 Å². The number of nitrogens with one attached hydrogen (secondary N) is 2. The van der Waals surface area contributed by atoms with E-state index in [1.54, 1.807) is 19.4 Å². The summed E-state index contributed by atoms with van der Waals surface area (Å²) in [5, 5.41) is 11.0.